The standard InChI is InChI=1S/C20H30N4O3/c1-5-15(6-2)17(24-7-9-26-10-8-24)12-21-19(25)16-11-13(3)22-20-18(16)14(4)23-27-20/h11,15,17H,5-10,12H2,1-4H3,(H,21,25). The second kappa shape index (κ2) is 8.80. The smallest absolute Gasteiger partial charge is 0.258 e. The van der Waals surface area contributed by atoms with Gasteiger partial charge in [0, 0.05) is 31.4 Å². The highest BCUT2D eigenvalue weighted by Crippen LogP contribution is 2.23. The van der Waals surface area contributed by atoms with E-state index in [0.717, 1.165) is 44.8 Å². The van der Waals surface area contributed by atoms with Gasteiger partial charge in [-0.15, -0.1) is 0 Å². The molecule has 1 amide bonds. The van der Waals surface area contributed by atoms with Crippen molar-refractivity contribution in [3.63, 3.8) is 0 Å². The molecule has 1 aliphatic heterocycles. The number of morpholine rings is 1. The quantitative estimate of drug-likeness (QED) is 0.803. The zero-order valence-corrected chi connectivity index (χ0v) is 16.7. The third-order valence-corrected chi connectivity index (χ3v) is 5.57. The van der Waals surface area contributed by atoms with E-state index >= 15 is 0 Å². The van der Waals surface area contributed by atoms with Gasteiger partial charge in [-0.3, -0.25) is 9.69 Å². The van der Waals surface area contributed by atoms with Crippen LogP contribution in [0.4, 0.5) is 0 Å². The number of amides is 1. The maximum absolute atomic E-state index is 13.0. The number of nitrogens with zero attached hydrogens (tertiary/aromatic N) is 3. The summed E-state index contributed by atoms with van der Waals surface area (Å²) in [5.41, 5.74) is 2.43. The molecular formula is C20H30N4O3. The minimum Gasteiger partial charge on any atom is -0.379 e. The van der Waals surface area contributed by atoms with E-state index in [1.807, 2.05) is 19.9 Å². The summed E-state index contributed by atoms with van der Waals surface area (Å²) >= 11 is 0. The van der Waals surface area contributed by atoms with Crippen LogP contribution in [0.3, 0.4) is 0 Å². The van der Waals surface area contributed by atoms with Gasteiger partial charge in [0.1, 0.15) is 0 Å². The summed E-state index contributed by atoms with van der Waals surface area (Å²) in [6, 6.07) is 2.12. The van der Waals surface area contributed by atoms with Gasteiger partial charge >= 0.3 is 0 Å². The second-order valence-corrected chi connectivity index (χ2v) is 7.26. The van der Waals surface area contributed by atoms with Gasteiger partial charge in [-0.05, 0) is 25.8 Å². The summed E-state index contributed by atoms with van der Waals surface area (Å²) in [5, 5.41) is 7.82. The van der Waals surface area contributed by atoms with Crippen molar-refractivity contribution in [2.45, 2.75) is 46.6 Å². The summed E-state index contributed by atoms with van der Waals surface area (Å²) in [7, 11) is 0. The molecule has 2 aromatic rings. The van der Waals surface area contributed by atoms with Crippen molar-refractivity contribution in [1.82, 2.24) is 20.4 Å². The fraction of sp³-hybridized carbons (Fsp3) is 0.650. The van der Waals surface area contributed by atoms with Gasteiger partial charge in [0.25, 0.3) is 11.6 Å². The lowest BCUT2D eigenvalue weighted by Gasteiger charge is -2.38. The molecule has 0 bridgehead atoms. The number of hydrogen-bond acceptors (Lipinski definition) is 6. The van der Waals surface area contributed by atoms with Crippen LogP contribution in [0, 0.1) is 19.8 Å². The molecule has 1 atom stereocenters. The van der Waals surface area contributed by atoms with E-state index in [1.165, 1.54) is 0 Å². The Morgan fingerprint density at radius 3 is 2.63 bits per heavy atom. The predicted molar refractivity (Wildman–Crippen MR) is 104 cm³/mol. The molecule has 0 aromatic carbocycles. The van der Waals surface area contributed by atoms with Crippen LogP contribution in [-0.2, 0) is 4.74 Å². The number of carbonyl (C=O) groups excluding carboxylic acids is 1. The SMILES string of the molecule is CCC(CC)C(CNC(=O)c1cc(C)nc2onc(C)c12)N1CCOCC1. The normalized spacial score (nSPS) is 16.8. The Kier molecular flexibility index (Phi) is 6.44. The summed E-state index contributed by atoms with van der Waals surface area (Å²) in [4.78, 5) is 19.8. The number of aromatic nitrogens is 2. The monoisotopic (exact) mass is 374 g/mol. The van der Waals surface area contributed by atoms with Crippen LogP contribution in [0.2, 0.25) is 0 Å². The summed E-state index contributed by atoms with van der Waals surface area (Å²) in [5.74, 6) is 0.445. The van der Waals surface area contributed by atoms with Crippen molar-refractivity contribution in [2.75, 3.05) is 32.8 Å². The van der Waals surface area contributed by atoms with E-state index in [4.69, 9.17) is 9.26 Å². The van der Waals surface area contributed by atoms with Crippen LogP contribution in [0.5, 0.6) is 0 Å². The van der Waals surface area contributed by atoms with Gasteiger partial charge in [-0.25, -0.2) is 4.98 Å². The summed E-state index contributed by atoms with van der Waals surface area (Å²) in [6.07, 6.45) is 2.19. The average Bonchev–Trinajstić information content (AvgIpc) is 3.05. The second-order valence-electron chi connectivity index (χ2n) is 7.26. The van der Waals surface area contributed by atoms with Gasteiger partial charge in [0.15, 0.2) is 0 Å². The fourth-order valence-electron chi connectivity index (χ4n) is 4.03. The Morgan fingerprint density at radius 1 is 1.26 bits per heavy atom. The first-order valence-electron chi connectivity index (χ1n) is 9.88. The molecule has 7 heteroatoms. The van der Waals surface area contributed by atoms with Crippen LogP contribution in [0.25, 0.3) is 11.1 Å². The fourth-order valence-corrected chi connectivity index (χ4v) is 4.03. The molecule has 1 unspecified atom stereocenters. The van der Waals surface area contributed by atoms with E-state index < -0.39 is 0 Å². The third kappa shape index (κ3) is 4.30. The van der Waals surface area contributed by atoms with Gasteiger partial charge in [-0.1, -0.05) is 31.8 Å². The van der Waals surface area contributed by atoms with E-state index in [2.05, 4.69) is 34.2 Å². The van der Waals surface area contributed by atoms with Gasteiger partial charge in [0.2, 0.25) is 0 Å². The van der Waals surface area contributed by atoms with E-state index in [-0.39, 0.29) is 5.91 Å². The van der Waals surface area contributed by atoms with Crippen LogP contribution < -0.4 is 5.32 Å². The number of aryl methyl sites for hydroxylation is 2. The van der Waals surface area contributed by atoms with Gasteiger partial charge in [0.05, 0.1) is 29.9 Å². The number of hydrogen-bond donors (Lipinski definition) is 1. The Hall–Kier alpha value is -1.99. The number of nitrogens with one attached hydrogen (secondary N) is 1. The zero-order chi connectivity index (χ0) is 19.4. The van der Waals surface area contributed by atoms with Crippen molar-refractivity contribution in [1.29, 1.82) is 0 Å². The Morgan fingerprint density at radius 2 is 1.96 bits per heavy atom. The molecule has 3 rings (SSSR count). The predicted octanol–water partition coefficient (Wildman–Crippen LogP) is 2.71. The molecule has 0 radical (unpaired) electrons. The molecule has 0 saturated carbocycles. The topological polar surface area (TPSA) is 80.5 Å². The summed E-state index contributed by atoms with van der Waals surface area (Å²) in [6.45, 7) is 12.1. The molecule has 1 N–H and O–H groups in total. The molecule has 2 aromatic heterocycles. The van der Waals surface area contributed by atoms with E-state index in [0.29, 0.717) is 40.9 Å². The minimum atomic E-state index is -0.0963. The van der Waals surface area contributed by atoms with Crippen molar-refractivity contribution in [3.05, 3.63) is 23.0 Å². The highest BCUT2D eigenvalue weighted by atomic mass is 16.5. The molecule has 0 aliphatic carbocycles. The van der Waals surface area contributed by atoms with Crippen LogP contribution >= 0.6 is 0 Å². The highest BCUT2D eigenvalue weighted by Gasteiger charge is 2.28. The minimum absolute atomic E-state index is 0.0963. The molecule has 1 fully saturated rings. The number of rotatable bonds is 7. The first-order chi connectivity index (χ1) is 13.0. The zero-order valence-electron chi connectivity index (χ0n) is 16.7. The number of carbonyl (C=O) groups is 1. The van der Waals surface area contributed by atoms with Crippen LogP contribution in [0.15, 0.2) is 10.6 Å². The first kappa shape index (κ1) is 19.8. The number of pyridine rings is 1. The lowest BCUT2D eigenvalue weighted by molar-refractivity contribution is 0.00191. The Bertz CT molecular complexity index is 779. The molecule has 7 nitrogen and oxygen atoms in total. The molecule has 27 heavy (non-hydrogen) atoms. The van der Waals surface area contributed by atoms with E-state index in [1.54, 1.807) is 0 Å². The molecule has 3 heterocycles. The maximum Gasteiger partial charge on any atom is 0.258 e. The molecule has 0 spiro atoms. The Balaban J connectivity index is 1.78. The third-order valence-electron chi connectivity index (χ3n) is 5.57. The van der Waals surface area contributed by atoms with Crippen LogP contribution in [0.1, 0.15) is 48.4 Å². The first-order valence-corrected chi connectivity index (χ1v) is 9.88. The molecular weight excluding hydrogens is 344 g/mol. The largest absolute Gasteiger partial charge is 0.379 e. The molecule has 1 aliphatic rings. The summed E-state index contributed by atoms with van der Waals surface area (Å²) < 4.78 is 10.8. The average molecular weight is 374 g/mol. The lowest BCUT2D eigenvalue weighted by atomic mass is 9.92. The van der Waals surface area contributed by atoms with Gasteiger partial charge < -0.3 is 14.6 Å². The highest BCUT2D eigenvalue weighted by molar-refractivity contribution is 6.06. The van der Waals surface area contributed by atoms with Crippen molar-refractivity contribution < 1.29 is 14.1 Å². The maximum atomic E-state index is 13.0. The molecule has 148 valence electrons. The van der Waals surface area contributed by atoms with Gasteiger partial charge in [-0.2, -0.15) is 0 Å². The van der Waals surface area contributed by atoms with Crippen molar-refractivity contribution in [3.8, 4) is 0 Å². The Labute approximate surface area is 160 Å². The van der Waals surface area contributed by atoms with E-state index in [9.17, 15) is 4.79 Å². The lowest BCUT2D eigenvalue weighted by Crippen LogP contribution is -2.52. The number of fused-ring (bicyclic) bond motifs is 1. The van der Waals surface area contributed by atoms with Crippen molar-refractivity contribution >= 4 is 17.0 Å². The van der Waals surface area contributed by atoms with Crippen LogP contribution in [-0.4, -0.2) is 59.8 Å². The van der Waals surface area contributed by atoms with Crippen molar-refractivity contribution in [2.24, 2.45) is 5.92 Å². The number of ether oxygens (including phenoxy) is 1. The molecule has 1 saturated heterocycles.